The zero-order chi connectivity index (χ0) is 28.5. The molecule has 5 aromatic rings. The van der Waals surface area contributed by atoms with Crippen molar-refractivity contribution in [1.82, 2.24) is 24.1 Å². The number of aromatic amines is 1. The lowest BCUT2D eigenvalue weighted by Gasteiger charge is -2.25. The number of carbonyl (C=O) groups is 1. The molecule has 4 heterocycles. The number of H-pyrrole nitrogens is 1. The Morgan fingerprint density at radius 1 is 1.15 bits per heavy atom. The number of anilines is 2. The molecule has 0 aliphatic carbocycles. The number of carbonyl (C=O) groups excluding carboxylic acids is 1. The summed E-state index contributed by atoms with van der Waals surface area (Å²) in [5.41, 5.74) is 10.4. The number of hydrogen-bond donors (Lipinski definition) is 3. The van der Waals surface area contributed by atoms with Crippen molar-refractivity contribution >= 4 is 63.5 Å². The van der Waals surface area contributed by atoms with Crippen LogP contribution >= 0.6 is 35.3 Å². The predicted octanol–water partition coefficient (Wildman–Crippen LogP) is 6.28. The number of aromatic nitrogens is 4. The molecule has 1 aliphatic heterocycles. The van der Waals surface area contributed by atoms with E-state index in [-0.39, 0.29) is 23.0 Å². The van der Waals surface area contributed by atoms with Crippen LogP contribution in [0.25, 0.3) is 16.6 Å². The number of morpholine rings is 1. The fraction of sp³-hybridized carbons (Fsp3) is 0.179. The van der Waals surface area contributed by atoms with Crippen LogP contribution in [0.4, 0.5) is 11.5 Å². The topological polar surface area (TPSA) is 123 Å². The maximum absolute atomic E-state index is 13.5. The Labute approximate surface area is 250 Å². The Kier molecular flexibility index (Phi) is 7.78. The third kappa shape index (κ3) is 5.72. The van der Waals surface area contributed by atoms with E-state index in [0.717, 1.165) is 48.5 Å². The molecule has 0 radical (unpaired) electrons. The highest BCUT2D eigenvalue weighted by Gasteiger charge is 2.21. The Balaban J connectivity index is 1.21. The summed E-state index contributed by atoms with van der Waals surface area (Å²) in [5, 5.41) is 5.96. The summed E-state index contributed by atoms with van der Waals surface area (Å²) in [6.07, 6.45) is 3.02. The number of aryl methyl sites for hydroxylation is 1. The maximum Gasteiger partial charge on any atom is 0.238 e. The number of fused-ring (bicyclic) bond motifs is 1. The molecule has 6 rings (SSSR count). The van der Waals surface area contributed by atoms with Gasteiger partial charge in [-0.1, -0.05) is 23.2 Å². The van der Waals surface area contributed by atoms with Gasteiger partial charge in [-0.15, -0.1) is 0 Å². The average molecular weight is 611 g/mol. The molecule has 3 aromatic heterocycles. The second-order valence-corrected chi connectivity index (χ2v) is 11.1. The summed E-state index contributed by atoms with van der Waals surface area (Å²) in [4.78, 5) is 20.8. The van der Waals surface area contributed by atoms with Crippen molar-refractivity contribution in [3.05, 3.63) is 87.8 Å². The summed E-state index contributed by atoms with van der Waals surface area (Å²) in [7, 11) is 0. The van der Waals surface area contributed by atoms with Crippen molar-refractivity contribution in [2.45, 2.75) is 6.92 Å². The molecule has 0 unspecified atom stereocenters. The van der Waals surface area contributed by atoms with Crippen molar-refractivity contribution in [3.63, 3.8) is 0 Å². The number of benzene rings is 2. The molecule has 10 nitrogen and oxygen atoms in total. The van der Waals surface area contributed by atoms with E-state index in [2.05, 4.69) is 24.1 Å². The van der Waals surface area contributed by atoms with Crippen molar-refractivity contribution < 1.29 is 14.3 Å². The van der Waals surface area contributed by atoms with Gasteiger partial charge in [0, 0.05) is 48.4 Å². The number of nitrogen functional groups attached to an aromatic ring is 1. The molecule has 0 amide bonds. The van der Waals surface area contributed by atoms with E-state index < -0.39 is 0 Å². The van der Waals surface area contributed by atoms with Gasteiger partial charge in [0.05, 0.1) is 47.1 Å². The number of ether oxygens (including phenoxy) is 2. The zero-order valence-electron chi connectivity index (χ0n) is 21.9. The molecule has 0 bridgehead atoms. The lowest BCUT2D eigenvalue weighted by atomic mass is 10.1. The van der Waals surface area contributed by atoms with Crippen LogP contribution in [-0.4, -0.2) is 56.1 Å². The molecular formula is C28H25Cl2N7O3S. The van der Waals surface area contributed by atoms with Crippen LogP contribution in [0, 0.1) is 6.92 Å². The molecule has 210 valence electrons. The van der Waals surface area contributed by atoms with Crippen LogP contribution in [0.5, 0.6) is 11.6 Å². The van der Waals surface area contributed by atoms with E-state index in [1.165, 1.54) is 10.9 Å². The molecule has 13 heteroatoms. The third-order valence-electron chi connectivity index (χ3n) is 6.60. The van der Waals surface area contributed by atoms with Gasteiger partial charge >= 0.3 is 0 Å². The minimum absolute atomic E-state index is 0.164. The lowest BCUT2D eigenvalue weighted by Crippen LogP contribution is -2.32. The Hall–Kier alpha value is -3.74. The molecular weight excluding hydrogens is 585 g/mol. The molecule has 1 aliphatic rings. The number of ketones is 1. The van der Waals surface area contributed by atoms with Crippen LogP contribution in [0.1, 0.15) is 21.6 Å². The summed E-state index contributed by atoms with van der Waals surface area (Å²) in [6, 6.07) is 14.2. The van der Waals surface area contributed by atoms with E-state index in [1.807, 2.05) is 25.1 Å². The minimum atomic E-state index is -0.277. The van der Waals surface area contributed by atoms with E-state index >= 15 is 0 Å². The van der Waals surface area contributed by atoms with Crippen molar-refractivity contribution in [3.8, 4) is 17.3 Å². The Bertz CT molecular complexity index is 1750. The van der Waals surface area contributed by atoms with E-state index in [4.69, 9.17) is 38.4 Å². The second kappa shape index (κ2) is 11.6. The average Bonchev–Trinajstić information content (AvgIpc) is 3.56. The van der Waals surface area contributed by atoms with Crippen molar-refractivity contribution in [1.29, 1.82) is 0 Å². The standard InChI is InChI=1S/C28H25Cl2N7O3S/c1-16-11-17-12-24(34-23(17)14-22(16)35-41-36-7-9-39-10-8-36)26(38)19-15-33-37(27(19)31)25-5-4-18(13-21(25)30)40-28-20(29)3-2-6-32-28/h2-6,11-15,34-35H,7-10,31H2,1H3. The van der Waals surface area contributed by atoms with Gasteiger partial charge in [-0.2, -0.15) is 5.10 Å². The predicted molar refractivity (Wildman–Crippen MR) is 162 cm³/mol. The van der Waals surface area contributed by atoms with Crippen LogP contribution in [0.2, 0.25) is 10.0 Å². The number of pyridine rings is 1. The van der Waals surface area contributed by atoms with E-state index in [0.29, 0.717) is 27.2 Å². The summed E-state index contributed by atoms with van der Waals surface area (Å²) in [6.45, 7) is 5.20. The van der Waals surface area contributed by atoms with Gasteiger partial charge in [0.2, 0.25) is 11.7 Å². The largest absolute Gasteiger partial charge is 0.437 e. The fourth-order valence-electron chi connectivity index (χ4n) is 4.43. The monoisotopic (exact) mass is 609 g/mol. The van der Waals surface area contributed by atoms with Gasteiger partial charge in [0.1, 0.15) is 16.6 Å². The summed E-state index contributed by atoms with van der Waals surface area (Å²) >= 11 is 14.2. The van der Waals surface area contributed by atoms with Gasteiger partial charge in [-0.05, 0) is 55.0 Å². The molecule has 0 spiro atoms. The van der Waals surface area contributed by atoms with E-state index in [1.54, 1.807) is 48.7 Å². The fourth-order valence-corrected chi connectivity index (χ4v) is 5.62. The second-order valence-electron chi connectivity index (χ2n) is 9.36. The SMILES string of the molecule is Cc1cc2cc(C(=O)c3cnn(-c4ccc(Oc5ncccc5Cl)cc4Cl)c3N)[nH]c2cc1NSN1CCOCC1. The third-order valence-corrected chi connectivity index (χ3v) is 8.13. The van der Waals surface area contributed by atoms with E-state index in [9.17, 15) is 4.79 Å². The van der Waals surface area contributed by atoms with Gasteiger partial charge in [-0.3, -0.25) is 4.79 Å². The lowest BCUT2D eigenvalue weighted by molar-refractivity contribution is 0.0775. The van der Waals surface area contributed by atoms with Gasteiger partial charge in [0.25, 0.3) is 0 Å². The normalized spacial score (nSPS) is 13.9. The van der Waals surface area contributed by atoms with Crippen LogP contribution < -0.4 is 15.2 Å². The van der Waals surface area contributed by atoms with Crippen molar-refractivity contribution in [2.24, 2.45) is 0 Å². The quantitative estimate of drug-likeness (QED) is 0.138. The first-order valence-corrected chi connectivity index (χ1v) is 14.3. The summed E-state index contributed by atoms with van der Waals surface area (Å²) in [5.74, 6) is 0.585. The first kappa shape index (κ1) is 27.4. The minimum Gasteiger partial charge on any atom is -0.437 e. The summed E-state index contributed by atoms with van der Waals surface area (Å²) < 4.78 is 18.2. The highest BCUT2D eigenvalue weighted by atomic mass is 35.5. The van der Waals surface area contributed by atoms with Crippen LogP contribution in [0.15, 0.2) is 60.9 Å². The smallest absolute Gasteiger partial charge is 0.238 e. The van der Waals surface area contributed by atoms with Crippen LogP contribution in [0.3, 0.4) is 0 Å². The highest BCUT2D eigenvalue weighted by Crippen LogP contribution is 2.33. The number of halogens is 2. The number of nitrogens with zero attached hydrogens (tertiary/aromatic N) is 4. The van der Waals surface area contributed by atoms with Gasteiger partial charge in [0.15, 0.2) is 0 Å². The molecule has 0 saturated carbocycles. The van der Waals surface area contributed by atoms with Crippen molar-refractivity contribution in [2.75, 3.05) is 36.8 Å². The molecule has 0 atom stereocenters. The molecule has 41 heavy (non-hydrogen) atoms. The Morgan fingerprint density at radius 2 is 1.98 bits per heavy atom. The molecule has 2 aromatic carbocycles. The zero-order valence-corrected chi connectivity index (χ0v) is 24.2. The number of hydrogen-bond acceptors (Lipinski definition) is 9. The van der Waals surface area contributed by atoms with Crippen LogP contribution in [-0.2, 0) is 4.74 Å². The first-order chi connectivity index (χ1) is 19.9. The Morgan fingerprint density at radius 3 is 2.76 bits per heavy atom. The maximum atomic E-state index is 13.5. The molecule has 4 N–H and O–H groups in total. The first-order valence-electron chi connectivity index (χ1n) is 12.7. The highest BCUT2D eigenvalue weighted by molar-refractivity contribution is 7.98. The van der Waals surface area contributed by atoms with Gasteiger partial charge < -0.3 is 24.9 Å². The molecule has 1 saturated heterocycles. The molecule has 1 fully saturated rings. The number of nitrogens with two attached hydrogens (primary N) is 1. The number of nitrogens with one attached hydrogen (secondary N) is 2. The number of rotatable bonds is 8. The van der Waals surface area contributed by atoms with Gasteiger partial charge in [-0.25, -0.2) is 14.0 Å².